The number of pyridine rings is 1. The molecule has 3 heterocycles. The lowest BCUT2D eigenvalue weighted by Crippen LogP contribution is -2.47. The predicted octanol–water partition coefficient (Wildman–Crippen LogP) is 0.479. The number of hydrogen-bond acceptors (Lipinski definition) is 4. The minimum atomic E-state index is 0.0791. The Bertz CT molecular complexity index is 673. The first-order chi connectivity index (χ1) is 11.1. The van der Waals surface area contributed by atoms with Crippen molar-refractivity contribution in [3.05, 3.63) is 30.1 Å². The Kier molecular flexibility index (Phi) is 4.93. The van der Waals surface area contributed by atoms with Crippen LogP contribution in [0, 0.1) is 0 Å². The highest BCUT2D eigenvalue weighted by atomic mass is 16.1. The van der Waals surface area contributed by atoms with Gasteiger partial charge in [-0.1, -0.05) is 0 Å². The lowest BCUT2D eigenvalue weighted by molar-refractivity contribution is -0.120. The molecule has 1 fully saturated rings. The van der Waals surface area contributed by atoms with Crippen molar-refractivity contribution in [2.45, 2.75) is 6.42 Å². The number of carbonyl (C=O) groups is 1. The number of carbonyl (C=O) groups excluding carboxylic acids is 1. The van der Waals surface area contributed by atoms with Crippen molar-refractivity contribution < 1.29 is 4.79 Å². The molecule has 6 heteroatoms. The van der Waals surface area contributed by atoms with Gasteiger partial charge in [0.2, 0.25) is 5.91 Å². The second-order valence-electron chi connectivity index (χ2n) is 6.31. The maximum absolute atomic E-state index is 12.2. The first-order valence-electron chi connectivity index (χ1n) is 8.20. The summed E-state index contributed by atoms with van der Waals surface area (Å²) in [6.07, 6.45) is 4.19. The third kappa shape index (κ3) is 3.89. The highest BCUT2D eigenvalue weighted by Crippen LogP contribution is 2.18. The number of rotatable bonds is 5. The highest BCUT2D eigenvalue weighted by molar-refractivity contribution is 5.87. The number of piperazine rings is 1. The van der Waals surface area contributed by atoms with E-state index >= 15 is 0 Å². The molecule has 1 saturated heterocycles. The molecule has 124 valence electrons. The quantitative estimate of drug-likeness (QED) is 0.872. The largest absolute Gasteiger partial charge is 0.355 e. The van der Waals surface area contributed by atoms with Gasteiger partial charge in [0.1, 0.15) is 5.65 Å². The van der Waals surface area contributed by atoms with Gasteiger partial charge in [-0.15, -0.1) is 0 Å². The van der Waals surface area contributed by atoms with Crippen LogP contribution in [0.15, 0.2) is 24.5 Å². The molecule has 0 aliphatic carbocycles. The van der Waals surface area contributed by atoms with Crippen molar-refractivity contribution in [2.75, 3.05) is 46.3 Å². The molecule has 0 unspecified atom stereocenters. The molecule has 2 aromatic heterocycles. The second-order valence-corrected chi connectivity index (χ2v) is 6.31. The molecule has 0 bridgehead atoms. The number of nitrogens with zero attached hydrogens (tertiary/aromatic N) is 4. The van der Waals surface area contributed by atoms with Gasteiger partial charge in [-0.2, -0.15) is 0 Å². The first kappa shape index (κ1) is 16.0. The van der Waals surface area contributed by atoms with Crippen LogP contribution < -0.4 is 5.32 Å². The number of nitrogens with one attached hydrogen (secondary N) is 1. The predicted molar refractivity (Wildman–Crippen MR) is 91.4 cm³/mol. The maximum atomic E-state index is 12.2. The van der Waals surface area contributed by atoms with E-state index in [9.17, 15) is 4.79 Å². The number of aromatic nitrogens is 2. The summed E-state index contributed by atoms with van der Waals surface area (Å²) in [4.78, 5) is 21.3. The molecule has 1 aliphatic rings. The minimum Gasteiger partial charge on any atom is -0.355 e. The second kappa shape index (κ2) is 7.10. The lowest BCUT2D eigenvalue weighted by atomic mass is 10.1. The van der Waals surface area contributed by atoms with E-state index < -0.39 is 0 Å². The van der Waals surface area contributed by atoms with Crippen molar-refractivity contribution >= 4 is 16.9 Å². The Labute approximate surface area is 137 Å². The summed E-state index contributed by atoms with van der Waals surface area (Å²) in [5.74, 6) is 0.0791. The summed E-state index contributed by atoms with van der Waals surface area (Å²) in [5.41, 5.74) is 1.96. The zero-order chi connectivity index (χ0) is 16.2. The molecule has 6 nitrogen and oxygen atoms in total. The monoisotopic (exact) mass is 315 g/mol. The van der Waals surface area contributed by atoms with Crippen molar-refractivity contribution in [3.63, 3.8) is 0 Å². The Morgan fingerprint density at radius 3 is 2.83 bits per heavy atom. The van der Waals surface area contributed by atoms with E-state index in [-0.39, 0.29) is 5.91 Å². The van der Waals surface area contributed by atoms with Crippen LogP contribution >= 0.6 is 0 Å². The first-order valence-corrected chi connectivity index (χ1v) is 8.20. The van der Waals surface area contributed by atoms with Gasteiger partial charge in [0.25, 0.3) is 0 Å². The summed E-state index contributed by atoms with van der Waals surface area (Å²) in [7, 11) is 4.11. The Morgan fingerprint density at radius 1 is 1.26 bits per heavy atom. The van der Waals surface area contributed by atoms with Crippen LogP contribution in [0.4, 0.5) is 0 Å². The third-order valence-corrected chi connectivity index (χ3v) is 4.51. The molecule has 0 atom stereocenters. The Balaban J connectivity index is 1.49. The van der Waals surface area contributed by atoms with E-state index in [1.807, 2.05) is 29.9 Å². The molecule has 3 rings (SSSR count). The fourth-order valence-corrected chi connectivity index (χ4v) is 3.09. The summed E-state index contributed by atoms with van der Waals surface area (Å²) < 4.78 is 1.97. The maximum Gasteiger partial charge on any atom is 0.224 e. The van der Waals surface area contributed by atoms with Crippen LogP contribution in [0.3, 0.4) is 0 Å². The fraction of sp³-hybridized carbons (Fsp3) is 0.529. The number of amides is 1. The van der Waals surface area contributed by atoms with Crippen LogP contribution in [0.2, 0.25) is 0 Å². The molecule has 0 radical (unpaired) electrons. The molecule has 1 amide bonds. The van der Waals surface area contributed by atoms with E-state index in [1.165, 1.54) is 0 Å². The Morgan fingerprint density at radius 2 is 2.04 bits per heavy atom. The summed E-state index contributed by atoms with van der Waals surface area (Å²) >= 11 is 0. The fourth-order valence-electron chi connectivity index (χ4n) is 3.09. The van der Waals surface area contributed by atoms with Crippen LogP contribution in [0.5, 0.6) is 0 Å². The van der Waals surface area contributed by atoms with E-state index in [1.54, 1.807) is 6.20 Å². The van der Waals surface area contributed by atoms with Gasteiger partial charge in [0, 0.05) is 64.1 Å². The molecule has 1 aliphatic heterocycles. The average molecular weight is 315 g/mol. The Hall–Kier alpha value is -1.92. The molecule has 0 aromatic carbocycles. The van der Waals surface area contributed by atoms with Gasteiger partial charge in [-0.3, -0.25) is 9.69 Å². The highest BCUT2D eigenvalue weighted by Gasteiger charge is 2.14. The van der Waals surface area contributed by atoms with E-state index in [0.717, 1.165) is 49.3 Å². The van der Waals surface area contributed by atoms with Crippen LogP contribution in [0.1, 0.15) is 5.56 Å². The van der Waals surface area contributed by atoms with Gasteiger partial charge in [0.15, 0.2) is 0 Å². The molecular formula is C17H25N5O. The summed E-state index contributed by atoms with van der Waals surface area (Å²) in [6, 6.07) is 3.94. The topological polar surface area (TPSA) is 53.4 Å². The van der Waals surface area contributed by atoms with Crippen molar-refractivity contribution in [1.82, 2.24) is 24.7 Å². The van der Waals surface area contributed by atoms with Crippen molar-refractivity contribution in [1.29, 1.82) is 0 Å². The zero-order valence-corrected chi connectivity index (χ0v) is 14.0. The van der Waals surface area contributed by atoms with Crippen molar-refractivity contribution in [3.8, 4) is 0 Å². The molecule has 1 N–H and O–H groups in total. The number of fused-ring (bicyclic) bond motifs is 1. The van der Waals surface area contributed by atoms with Gasteiger partial charge >= 0.3 is 0 Å². The third-order valence-electron chi connectivity index (χ3n) is 4.51. The average Bonchev–Trinajstić information content (AvgIpc) is 2.86. The smallest absolute Gasteiger partial charge is 0.224 e. The molecule has 2 aromatic rings. The minimum absolute atomic E-state index is 0.0791. The normalized spacial score (nSPS) is 16.8. The van der Waals surface area contributed by atoms with E-state index in [4.69, 9.17) is 0 Å². The molecular weight excluding hydrogens is 290 g/mol. The number of likely N-dealkylation sites (N-methyl/N-ethyl adjacent to an activating group) is 1. The standard InChI is InChI=1S/C17H25N5O/c1-20-8-10-22(11-9-20)7-6-18-16(23)12-14-13-21(2)17-15(14)4-3-5-19-17/h3-5,13H,6-12H2,1-2H3,(H,18,23). The lowest BCUT2D eigenvalue weighted by Gasteiger charge is -2.32. The van der Waals surface area contributed by atoms with Gasteiger partial charge in [-0.05, 0) is 24.7 Å². The van der Waals surface area contributed by atoms with Crippen LogP contribution in [0.25, 0.3) is 11.0 Å². The van der Waals surface area contributed by atoms with Crippen LogP contribution in [-0.2, 0) is 18.3 Å². The van der Waals surface area contributed by atoms with E-state index in [2.05, 4.69) is 27.1 Å². The molecule has 0 spiro atoms. The molecule has 0 saturated carbocycles. The van der Waals surface area contributed by atoms with Gasteiger partial charge in [-0.25, -0.2) is 4.98 Å². The number of hydrogen-bond donors (Lipinski definition) is 1. The molecule has 23 heavy (non-hydrogen) atoms. The van der Waals surface area contributed by atoms with E-state index in [0.29, 0.717) is 13.0 Å². The van der Waals surface area contributed by atoms with Gasteiger partial charge in [0.05, 0.1) is 6.42 Å². The van der Waals surface area contributed by atoms with Crippen LogP contribution in [-0.4, -0.2) is 71.6 Å². The summed E-state index contributed by atoms with van der Waals surface area (Å²) in [5, 5.41) is 4.10. The van der Waals surface area contributed by atoms with Crippen molar-refractivity contribution in [2.24, 2.45) is 7.05 Å². The SMILES string of the molecule is CN1CCN(CCNC(=O)Cc2cn(C)c3ncccc23)CC1. The zero-order valence-electron chi connectivity index (χ0n) is 14.0. The summed E-state index contributed by atoms with van der Waals surface area (Å²) in [6.45, 7) is 6.03. The van der Waals surface area contributed by atoms with Gasteiger partial charge < -0.3 is 14.8 Å². The number of aryl methyl sites for hydroxylation is 1.